The molecule has 0 aliphatic carbocycles. The monoisotopic (exact) mass is 960 g/mol. The Bertz CT molecular complexity index is 2570. The quantitative estimate of drug-likeness (QED) is 0.0660. The zero-order chi connectivity index (χ0) is 47.8. The Kier molecular flexibility index (Phi) is 17.6. The number of benzene rings is 7. The molecule has 11 heteroatoms. The van der Waals surface area contributed by atoms with E-state index in [9.17, 15) is 5.11 Å². The summed E-state index contributed by atoms with van der Waals surface area (Å²) in [6.45, 7) is 1.43. The summed E-state index contributed by atoms with van der Waals surface area (Å²) in [6.07, 6.45) is -7.46. The van der Waals surface area contributed by atoms with Crippen molar-refractivity contribution in [1.82, 2.24) is 0 Å². The number of ether oxygens (including phenoxy) is 8. The van der Waals surface area contributed by atoms with E-state index in [2.05, 4.69) is 0 Å². The average molecular weight is 961 g/mol. The standard InChI is InChI=1S/C59H61O10P/c60-54-36-53(70(61,49-32-18-6-19-33-49)50-34-20-7-21-35-50)55(51(67-54)42-62-37-44-22-8-1-9-23-44)69-59-58(66-41-48-30-16-5-17-31-48)57(65-40-47-28-14-4-15-29-47)56(64-39-46-26-12-3-13-27-46)52(68-59)43-63-38-45-24-10-2-11-25-45/h1-35,51-60H,36-43H2/t51-,52-,53+,54?,55-,56+,57+,58-,59+/m1/s1. The molecule has 2 saturated heterocycles. The highest BCUT2D eigenvalue weighted by molar-refractivity contribution is 7.79. The van der Waals surface area contributed by atoms with Crippen molar-refractivity contribution in [1.29, 1.82) is 0 Å². The summed E-state index contributed by atoms with van der Waals surface area (Å²) in [7, 11) is -3.66. The lowest BCUT2D eigenvalue weighted by atomic mass is 9.97. The highest BCUT2D eigenvalue weighted by Gasteiger charge is 2.55. The van der Waals surface area contributed by atoms with Crippen molar-refractivity contribution >= 4 is 17.8 Å². The summed E-state index contributed by atoms with van der Waals surface area (Å²) in [5.41, 5.74) is 4.04. The first kappa shape index (κ1) is 49.4. The molecule has 0 spiro atoms. The SMILES string of the molecule is O=P(c1ccccc1)(c1ccccc1)[C@H]1CC(O)O[C@H](COCc2ccccc2)[C@H]1O[C@@H]1O[C@H](COCc2ccccc2)[C@H](OCc2ccccc2)[C@H](OCc2ccccc2)[C@H]1OCc1ccccc1. The lowest BCUT2D eigenvalue weighted by molar-refractivity contribution is -0.349. The summed E-state index contributed by atoms with van der Waals surface area (Å²) in [6, 6.07) is 68.6. The summed E-state index contributed by atoms with van der Waals surface area (Å²) >= 11 is 0. The Morgan fingerprint density at radius 2 is 0.757 bits per heavy atom. The maximum atomic E-state index is 16.5. The third-order valence-electron chi connectivity index (χ3n) is 12.8. The van der Waals surface area contributed by atoms with Crippen LogP contribution < -0.4 is 10.6 Å². The molecular formula is C59H61O10P. The van der Waals surface area contributed by atoms with Gasteiger partial charge in [-0.3, -0.25) is 0 Å². The van der Waals surface area contributed by atoms with Gasteiger partial charge in [0.2, 0.25) is 0 Å². The van der Waals surface area contributed by atoms with Crippen LogP contribution in [-0.4, -0.2) is 73.2 Å². The molecule has 2 aliphatic rings. The fourth-order valence-corrected chi connectivity index (χ4v) is 12.7. The summed E-state index contributed by atoms with van der Waals surface area (Å²) in [5.74, 6) is 0. The van der Waals surface area contributed by atoms with Crippen LogP contribution in [0.1, 0.15) is 34.2 Å². The molecule has 0 radical (unpaired) electrons. The number of hydrogen-bond donors (Lipinski definition) is 1. The molecule has 0 aromatic heterocycles. The van der Waals surface area contributed by atoms with Gasteiger partial charge in [-0.15, -0.1) is 0 Å². The number of aliphatic hydroxyl groups excluding tert-OH is 1. The molecule has 7 aromatic rings. The van der Waals surface area contributed by atoms with Gasteiger partial charge in [0.25, 0.3) is 0 Å². The van der Waals surface area contributed by atoms with E-state index < -0.39 is 62.0 Å². The number of aliphatic hydroxyl groups is 1. The summed E-state index contributed by atoms with van der Waals surface area (Å²) < 4.78 is 71.5. The number of rotatable bonds is 22. The van der Waals surface area contributed by atoms with Gasteiger partial charge < -0.3 is 47.6 Å². The second-order valence-electron chi connectivity index (χ2n) is 17.7. The summed E-state index contributed by atoms with van der Waals surface area (Å²) in [5, 5.41) is 12.9. The van der Waals surface area contributed by atoms with E-state index in [1.54, 1.807) is 0 Å². The van der Waals surface area contributed by atoms with Crippen LogP contribution in [0.5, 0.6) is 0 Å². The van der Waals surface area contributed by atoms with Crippen molar-refractivity contribution < 1.29 is 47.6 Å². The molecule has 0 saturated carbocycles. The Morgan fingerprint density at radius 3 is 1.17 bits per heavy atom. The van der Waals surface area contributed by atoms with Crippen molar-refractivity contribution in [2.75, 3.05) is 13.2 Å². The lowest BCUT2D eigenvalue weighted by Crippen LogP contribution is -2.64. The zero-order valence-corrected chi connectivity index (χ0v) is 40.0. The van der Waals surface area contributed by atoms with Gasteiger partial charge in [-0.1, -0.05) is 212 Å². The minimum Gasteiger partial charge on any atom is -0.374 e. The fraction of sp³-hybridized carbons (Fsp3) is 0.288. The smallest absolute Gasteiger partial charge is 0.187 e. The topological polar surface area (TPSA) is 111 Å². The van der Waals surface area contributed by atoms with Crippen molar-refractivity contribution in [3.63, 3.8) is 0 Å². The van der Waals surface area contributed by atoms with E-state index in [0.29, 0.717) is 17.2 Å². The second-order valence-corrected chi connectivity index (χ2v) is 20.7. The van der Waals surface area contributed by atoms with Gasteiger partial charge in [0.15, 0.2) is 12.6 Å². The van der Waals surface area contributed by atoms with Gasteiger partial charge in [-0.2, -0.15) is 0 Å². The first-order valence-corrected chi connectivity index (χ1v) is 25.8. The molecule has 9 rings (SSSR count). The van der Waals surface area contributed by atoms with Crippen LogP contribution in [0.2, 0.25) is 0 Å². The van der Waals surface area contributed by atoms with Crippen LogP contribution in [0.4, 0.5) is 0 Å². The van der Waals surface area contributed by atoms with Crippen LogP contribution in [0.15, 0.2) is 212 Å². The Labute approximate surface area is 411 Å². The first-order chi connectivity index (χ1) is 34.5. The molecule has 1 N–H and O–H groups in total. The normalized spacial score (nSPS) is 23.7. The molecule has 7 aromatic carbocycles. The Morgan fingerprint density at radius 1 is 0.414 bits per heavy atom. The van der Waals surface area contributed by atoms with Gasteiger partial charge in [0.1, 0.15) is 37.7 Å². The van der Waals surface area contributed by atoms with E-state index in [1.807, 2.05) is 212 Å². The van der Waals surface area contributed by atoms with Crippen LogP contribution in [0, 0.1) is 0 Å². The molecule has 0 amide bonds. The predicted octanol–water partition coefficient (Wildman–Crippen LogP) is 9.78. The largest absolute Gasteiger partial charge is 0.374 e. The highest BCUT2D eigenvalue weighted by Crippen LogP contribution is 2.55. The maximum Gasteiger partial charge on any atom is 0.187 e. The molecular weight excluding hydrogens is 900 g/mol. The average Bonchev–Trinajstić information content (AvgIpc) is 3.42. The van der Waals surface area contributed by atoms with Crippen LogP contribution in [0.25, 0.3) is 0 Å². The molecule has 1 unspecified atom stereocenters. The summed E-state index contributed by atoms with van der Waals surface area (Å²) in [4.78, 5) is 0. The molecule has 0 bridgehead atoms. The van der Waals surface area contributed by atoms with Crippen molar-refractivity contribution in [2.24, 2.45) is 0 Å². The van der Waals surface area contributed by atoms with Gasteiger partial charge >= 0.3 is 0 Å². The van der Waals surface area contributed by atoms with Crippen molar-refractivity contribution in [3.8, 4) is 0 Å². The van der Waals surface area contributed by atoms with Crippen LogP contribution in [0.3, 0.4) is 0 Å². The molecule has 10 nitrogen and oxygen atoms in total. The maximum absolute atomic E-state index is 16.5. The van der Waals surface area contributed by atoms with Crippen molar-refractivity contribution in [2.45, 2.75) is 94.3 Å². The van der Waals surface area contributed by atoms with E-state index in [0.717, 1.165) is 27.8 Å². The van der Waals surface area contributed by atoms with Crippen LogP contribution >= 0.6 is 7.14 Å². The van der Waals surface area contributed by atoms with E-state index in [1.165, 1.54) is 0 Å². The van der Waals surface area contributed by atoms with Gasteiger partial charge in [-0.25, -0.2) is 0 Å². The predicted molar refractivity (Wildman–Crippen MR) is 270 cm³/mol. The first-order valence-electron chi connectivity index (χ1n) is 24.1. The van der Waals surface area contributed by atoms with E-state index in [4.69, 9.17) is 37.9 Å². The second kappa shape index (κ2) is 25.0. The van der Waals surface area contributed by atoms with Gasteiger partial charge in [-0.05, 0) is 27.8 Å². The zero-order valence-electron chi connectivity index (χ0n) is 39.1. The van der Waals surface area contributed by atoms with Crippen molar-refractivity contribution in [3.05, 3.63) is 240 Å². The minimum atomic E-state index is -3.66. The Balaban J connectivity index is 1.13. The molecule has 2 aliphatic heterocycles. The molecule has 70 heavy (non-hydrogen) atoms. The van der Waals surface area contributed by atoms with Gasteiger partial charge in [0, 0.05) is 17.0 Å². The lowest BCUT2D eigenvalue weighted by Gasteiger charge is -2.49. The number of hydrogen-bond acceptors (Lipinski definition) is 10. The van der Waals surface area contributed by atoms with Crippen LogP contribution in [-0.2, 0) is 75.5 Å². The minimum absolute atomic E-state index is 0.00351. The van der Waals surface area contributed by atoms with Gasteiger partial charge in [0.05, 0.1) is 58.0 Å². The highest BCUT2D eigenvalue weighted by atomic mass is 31.2. The molecule has 362 valence electrons. The Hall–Kier alpha value is -5.59. The fourth-order valence-electron chi connectivity index (χ4n) is 9.30. The van der Waals surface area contributed by atoms with E-state index in [-0.39, 0.29) is 46.1 Å². The van der Waals surface area contributed by atoms with E-state index >= 15 is 4.57 Å². The third-order valence-corrected chi connectivity index (χ3v) is 16.4. The molecule has 2 heterocycles. The third kappa shape index (κ3) is 12.8. The molecule has 2 fully saturated rings. The molecule has 9 atom stereocenters.